The van der Waals surface area contributed by atoms with Crippen LogP contribution in [0, 0.1) is 0 Å². The van der Waals surface area contributed by atoms with Gasteiger partial charge in [0.2, 0.25) is 0 Å². The summed E-state index contributed by atoms with van der Waals surface area (Å²) in [5.74, 6) is 1.94. The molecule has 1 heterocycles. The van der Waals surface area contributed by atoms with Gasteiger partial charge in [-0.05, 0) is 36.4 Å². The molecule has 0 radical (unpaired) electrons. The van der Waals surface area contributed by atoms with Gasteiger partial charge in [0, 0.05) is 5.39 Å². The van der Waals surface area contributed by atoms with Crippen molar-refractivity contribution < 1.29 is 19.0 Å². The molecule has 0 fully saturated rings. The van der Waals surface area contributed by atoms with Crippen molar-refractivity contribution in [2.45, 2.75) is 6.10 Å². The van der Waals surface area contributed by atoms with E-state index in [-0.39, 0.29) is 6.61 Å². The molecule has 4 nitrogen and oxygen atoms in total. The number of aliphatic hydroxyl groups is 1. The molecule has 0 bridgehead atoms. The number of para-hydroxylation sites is 1. The van der Waals surface area contributed by atoms with Gasteiger partial charge in [-0.1, -0.05) is 18.2 Å². The van der Waals surface area contributed by atoms with Crippen molar-refractivity contribution in [3.63, 3.8) is 0 Å². The molecule has 0 aliphatic heterocycles. The number of fused-ring (bicyclic) bond motifs is 1. The monoisotopic (exact) mass is 284 g/mol. The number of methoxy groups -OCH3 is 1. The largest absolute Gasteiger partial charge is 0.497 e. The summed E-state index contributed by atoms with van der Waals surface area (Å²) in [6.07, 6.45) is -0.806. The van der Waals surface area contributed by atoms with Crippen LogP contribution in [-0.4, -0.2) is 18.8 Å². The van der Waals surface area contributed by atoms with Gasteiger partial charge in [0.05, 0.1) is 7.11 Å². The summed E-state index contributed by atoms with van der Waals surface area (Å²) >= 11 is 0. The van der Waals surface area contributed by atoms with Crippen molar-refractivity contribution in [2.24, 2.45) is 0 Å². The maximum atomic E-state index is 10.1. The van der Waals surface area contributed by atoms with Crippen molar-refractivity contribution in [1.29, 1.82) is 0 Å². The van der Waals surface area contributed by atoms with E-state index >= 15 is 0 Å². The Hall–Kier alpha value is -2.46. The van der Waals surface area contributed by atoms with Crippen LogP contribution in [0.1, 0.15) is 11.9 Å². The third-order valence-corrected chi connectivity index (χ3v) is 3.24. The van der Waals surface area contributed by atoms with Crippen LogP contribution in [0.3, 0.4) is 0 Å². The second-order valence-corrected chi connectivity index (χ2v) is 4.69. The first kappa shape index (κ1) is 13.5. The second kappa shape index (κ2) is 5.89. The van der Waals surface area contributed by atoms with Gasteiger partial charge in [-0.15, -0.1) is 0 Å². The highest BCUT2D eigenvalue weighted by atomic mass is 16.5. The number of ether oxygens (including phenoxy) is 2. The fourth-order valence-corrected chi connectivity index (χ4v) is 2.10. The minimum absolute atomic E-state index is 0.131. The third kappa shape index (κ3) is 3.01. The van der Waals surface area contributed by atoms with Gasteiger partial charge in [-0.3, -0.25) is 0 Å². The number of hydrogen-bond acceptors (Lipinski definition) is 4. The van der Waals surface area contributed by atoms with Crippen molar-refractivity contribution in [3.8, 4) is 11.5 Å². The fraction of sp³-hybridized carbons (Fsp3) is 0.176. The average Bonchev–Trinajstić information content (AvgIpc) is 2.97. The fourth-order valence-electron chi connectivity index (χ4n) is 2.10. The van der Waals surface area contributed by atoms with E-state index in [1.807, 2.05) is 42.5 Å². The molecule has 21 heavy (non-hydrogen) atoms. The van der Waals surface area contributed by atoms with Crippen LogP contribution in [0.4, 0.5) is 0 Å². The number of benzene rings is 2. The van der Waals surface area contributed by atoms with E-state index in [1.165, 1.54) is 0 Å². The maximum Gasteiger partial charge on any atom is 0.145 e. The lowest BCUT2D eigenvalue weighted by Gasteiger charge is -2.10. The molecule has 0 spiro atoms. The second-order valence-electron chi connectivity index (χ2n) is 4.69. The minimum atomic E-state index is -0.806. The highest BCUT2D eigenvalue weighted by Crippen LogP contribution is 2.25. The van der Waals surface area contributed by atoms with Crippen LogP contribution >= 0.6 is 0 Å². The lowest BCUT2D eigenvalue weighted by atomic mass is 10.2. The molecule has 0 saturated heterocycles. The normalized spacial score (nSPS) is 12.3. The Balaban J connectivity index is 1.66. The third-order valence-electron chi connectivity index (χ3n) is 3.24. The summed E-state index contributed by atoms with van der Waals surface area (Å²) in [6.45, 7) is 0.131. The Bertz CT molecular complexity index is 682. The van der Waals surface area contributed by atoms with Gasteiger partial charge in [0.25, 0.3) is 0 Å². The lowest BCUT2D eigenvalue weighted by molar-refractivity contribution is 0.0903. The number of furan rings is 1. The Morgan fingerprint density at radius 1 is 1.05 bits per heavy atom. The highest BCUT2D eigenvalue weighted by molar-refractivity contribution is 5.77. The number of rotatable bonds is 5. The van der Waals surface area contributed by atoms with Crippen LogP contribution in [-0.2, 0) is 0 Å². The predicted molar refractivity (Wildman–Crippen MR) is 79.7 cm³/mol. The van der Waals surface area contributed by atoms with Gasteiger partial charge in [-0.25, -0.2) is 0 Å². The molecule has 0 aliphatic rings. The quantitative estimate of drug-likeness (QED) is 0.778. The standard InChI is InChI=1S/C17H16O4/c1-19-13-6-8-14(9-7-13)20-11-15(18)17-10-12-4-2-3-5-16(12)21-17/h2-10,15,18H,11H2,1H3. The maximum absolute atomic E-state index is 10.1. The molecule has 3 aromatic rings. The zero-order valence-electron chi connectivity index (χ0n) is 11.7. The van der Waals surface area contributed by atoms with E-state index in [1.54, 1.807) is 19.2 Å². The van der Waals surface area contributed by atoms with Crippen LogP contribution in [0.25, 0.3) is 11.0 Å². The average molecular weight is 284 g/mol. The van der Waals surface area contributed by atoms with Gasteiger partial charge in [-0.2, -0.15) is 0 Å². The smallest absolute Gasteiger partial charge is 0.145 e. The van der Waals surface area contributed by atoms with Crippen molar-refractivity contribution in [2.75, 3.05) is 13.7 Å². The SMILES string of the molecule is COc1ccc(OCC(O)c2cc3ccccc3o2)cc1. The van der Waals surface area contributed by atoms with Crippen molar-refractivity contribution in [3.05, 3.63) is 60.4 Å². The first-order valence-electron chi connectivity index (χ1n) is 6.69. The van der Waals surface area contributed by atoms with Gasteiger partial charge < -0.3 is 19.0 Å². The number of hydrogen-bond donors (Lipinski definition) is 1. The summed E-state index contributed by atoms with van der Waals surface area (Å²) < 4.78 is 16.2. The molecule has 1 N–H and O–H groups in total. The topological polar surface area (TPSA) is 51.8 Å². The molecular weight excluding hydrogens is 268 g/mol. The Labute approximate surface area is 122 Å². The molecule has 0 amide bonds. The molecule has 1 unspecified atom stereocenters. The van der Waals surface area contributed by atoms with E-state index in [0.29, 0.717) is 11.5 Å². The molecule has 2 aromatic carbocycles. The number of aliphatic hydroxyl groups excluding tert-OH is 1. The Morgan fingerprint density at radius 3 is 2.48 bits per heavy atom. The predicted octanol–water partition coefficient (Wildman–Crippen LogP) is 3.55. The lowest BCUT2D eigenvalue weighted by Crippen LogP contribution is -2.08. The molecule has 1 aromatic heterocycles. The van der Waals surface area contributed by atoms with Crippen LogP contribution in [0.5, 0.6) is 11.5 Å². The molecule has 0 aliphatic carbocycles. The molecule has 108 valence electrons. The van der Waals surface area contributed by atoms with E-state index in [4.69, 9.17) is 13.9 Å². The molecule has 1 atom stereocenters. The van der Waals surface area contributed by atoms with Gasteiger partial charge in [0.1, 0.15) is 35.6 Å². The summed E-state index contributed by atoms with van der Waals surface area (Å²) in [7, 11) is 1.61. The summed E-state index contributed by atoms with van der Waals surface area (Å²) in [4.78, 5) is 0. The Kier molecular flexibility index (Phi) is 3.79. The van der Waals surface area contributed by atoms with Crippen LogP contribution in [0.2, 0.25) is 0 Å². The highest BCUT2D eigenvalue weighted by Gasteiger charge is 2.14. The minimum Gasteiger partial charge on any atom is -0.497 e. The van der Waals surface area contributed by atoms with Crippen LogP contribution < -0.4 is 9.47 Å². The van der Waals surface area contributed by atoms with Gasteiger partial charge >= 0.3 is 0 Å². The molecule has 0 saturated carbocycles. The summed E-state index contributed by atoms with van der Waals surface area (Å²) in [5, 5.41) is 11.1. The van der Waals surface area contributed by atoms with E-state index < -0.39 is 6.10 Å². The zero-order valence-corrected chi connectivity index (χ0v) is 11.7. The summed E-state index contributed by atoms with van der Waals surface area (Å²) in [6, 6.07) is 16.7. The molecular formula is C17H16O4. The molecule has 3 rings (SSSR count). The Morgan fingerprint density at radius 2 is 1.76 bits per heavy atom. The van der Waals surface area contributed by atoms with E-state index in [0.717, 1.165) is 16.7 Å². The van der Waals surface area contributed by atoms with E-state index in [2.05, 4.69) is 0 Å². The zero-order chi connectivity index (χ0) is 14.7. The van der Waals surface area contributed by atoms with Gasteiger partial charge in [0.15, 0.2) is 0 Å². The molecule has 4 heteroatoms. The van der Waals surface area contributed by atoms with E-state index in [9.17, 15) is 5.11 Å². The van der Waals surface area contributed by atoms with Crippen molar-refractivity contribution in [1.82, 2.24) is 0 Å². The first-order chi connectivity index (χ1) is 10.3. The first-order valence-corrected chi connectivity index (χ1v) is 6.69. The summed E-state index contributed by atoms with van der Waals surface area (Å²) in [5.41, 5.74) is 0.760. The van der Waals surface area contributed by atoms with Crippen LogP contribution in [0.15, 0.2) is 59.0 Å². The van der Waals surface area contributed by atoms with Crippen molar-refractivity contribution >= 4 is 11.0 Å².